The van der Waals surface area contributed by atoms with Gasteiger partial charge in [0, 0.05) is 22.1 Å². The fraction of sp³-hybridized carbons (Fsp3) is 0.0652. The van der Waals surface area contributed by atoms with Crippen molar-refractivity contribution in [2.24, 2.45) is 0 Å². The van der Waals surface area contributed by atoms with Gasteiger partial charge in [0.05, 0.1) is 18.0 Å². The van der Waals surface area contributed by atoms with Crippen LogP contribution in [0, 0.1) is 6.57 Å². The molecule has 0 unspecified atom stereocenters. The molecule has 1 heterocycles. The van der Waals surface area contributed by atoms with Crippen LogP contribution in [0.3, 0.4) is 0 Å². The molecule has 1 aromatic heterocycles. The van der Waals surface area contributed by atoms with Gasteiger partial charge in [-0.2, -0.15) is 0 Å². The van der Waals surface area contributed by atoms with Crippen LogP contribution < -0.4 is 0 Å². The van der Waals surface area contributed by atoms with Crippen LogP contribution in [0.25, 0.3) is 82.5 Å². The van der Waals surface area contributed by atoms with Crippen LogP contribution in [0.4, 0.5) is 5.69 Å². The minimum atomic E-state index is -0.162. The zero-order valence-corrected chi connectivity index (χ0v) is 27.3. The van der Waals surface area contributed by atoms with Gasteiger partial charge in [-0.05, 0) is 85.3 Å². The molecule has 0 fully saturated rings. The summed E-state index contributed by atoms with van der Waals surface area (Å²) in [6.07, 6.45) is 0. The lowest BCUT2D eigenvalue weighted by atomic mass is 9.82. The van der Waals surface area contributed by atoms with E-state index in [-0.39, 0.29) is 5.41 Å². The second-order valence-electron chi connectivity index (χ2n) is 13.4. The summed E-state index contributed by atoms with van der Waals surface area (Å²) in [4.78, 5) is 14.2. The van der Waals surface area contributed by atoms with Gasteiger partial charge in [-0.1, -0.05) is 135 Å². The average molecular weight is 626 g/mol. The van der Waals surface area contributed by atoms with Crippen LogP contribution in [0.15, 0.2) is 152 Å². The Labute approximate surface area is 286 Å². The summed E-state index contributed by atoms with van der Waals surface area (Å²) in [6, 6.07) is 53.3. The highest BCUT2D eigenvalue weighted by atomic mass is 14.9. The van der Waals surface area contributed by atoms with Gasteiger partial charge in [-0.3, -0.25) is 0 Å². The van der Waals surface area contributed by atoms with E-state index < -0.39 is 0 Å². The van der Waals surface area contributed by atoms with Crippen LogP contribution >= 0.6 is 0 Å². The second kappa shape index (κ2) is 11.1. The molecule has 0 atom stereocenters. The van der Waals surface area contributed by atoms with Gasteiger partial charge in [0.15, 0.2) is 11.5 Å². The zero-order chi connectivity index (χ0) is 33.1. The topological polar surface area (TPSA) is 30.1 Å². The second-order valence-corrected chi connectivity index (χ2v) is 13.4. The third kappa shape index (κ3) is 4.81. The summed E-state index contributed by atoms with van der Waals surface area (Å²) in [5.41, 5.74) is 12.2. The zero-order valence-electron chi connectivity index (χ0n) is 27.3. The molecule has 230 valence electrons. The van der Waals surface area contributed by atoms with Crippen LogP contribution in [0.2, 0.25) is 0 Å². The number of nitrogens with zero attached hydrogens (tertiary/aromatic N) is 3. The normalized spacial score (nSPS) is 12.8. The Balaban J connectivity index is 1.19. The van der Waals surface area contributed by atoms with E-state index >= 15 is 0 Å². The first-order valence-electron chi connectivity index (χ1n) is 16.6. The van der Waals surface area contributed by atoms with Crippen molar-refractivity contribution in [2.75, 3.05) is 0 Å². The molecule has 0 saturated heterocycles. The standard InChI is InChI=1S/C46H31N3/c1-46(2)39-23-22-34(27-38(39)44-40(46)16-9-17-41(44)47-3)33-14-8-15-35(25-33)42-28-43(36-20-18-29-10-4-6-12-31(29)24-36)49-45(48-42)37-21-19-30-11-5-7-13-32(30)26-37/h4-28H,1-2H3. The third-order valence-electron chi connectivity index (χ3n) is 10.1. The molecule has 9 rings (SSSR count). The summed E-state index contributed by atoms with van der Waals surface area (Å²) in [5, 5.41) is 4.73. The first-order chi connectivity index (χ1) is 24.0. The van der Waals surface area contributed by atoms with E-state index in [1.54, 1.807) is 0 Å². The highest BCUT2D eigenvalue weighted by molar-refractivity contribution is 5.93. The quantitative estimate of drug-likeness (QED) is 0.182. The monoisotopic (exact) mass is 625 g/mol. The van der Waals surface area contributed by atoms with E-state index in [0.29, 0.717) is 11.5 Å². The number of benzene rings is 7. The molecule has 0 radical (unpaired) electrons. The predicted octanol–water partition coefficient (Wildman–Crippen LogP) is 12.3. The van der Waals surface area contributed by atoms with Crippen molar-refractivity contribution in [1.29, 1.82) is 0 Å². The van der Waals surface area contributed by atoms with Crippen molar-refractivity contribution in [3.05, 3.63) is 174 Å². The van der Waals surface area contributed by atoms with Crippen molar-refractivity contribution in [1.82, 2.24) is 9.97 Å². The molecular formula is C46H31N3. The lowest BCUT2D eigenvalue weighted by Crippen LogP contribution is -2.14. The SMILES string of the molecule is [C-]#[N+]c1cccc2c1-c1cc(-c3cccc(-c4cc(-c5ccc6ccccc6c5)nc(-c5ccc6ccccc6c5)n4)c3)ccc1C2(C)C. The van der Waals surface area contributed by atoms with Gasteiger partial charge in [0.1, 0.15) is 0 Å². The Morgan fingerprint density at radius 2 is 1.04 bits per heavy atom. The molecular weight excluding hydrogens is 595 g/mol. The number of fused-ring (bicyclic) bond motifs is 5. The molecule has 3 nitrogen and oxygen atoms in total. The number of hydrogen-bond acceptors (Lipinski definition) is 2. The first kappa shape index (κ1) is 28.8. The third-order valence-corrected chi connectivity index (χ3v) is 10.1. The largest absolute Gasteiger partial charge is 0.238 e. The van der Waals surface area contributed by atoms with Crippen molar-refractivity contribution in [3.8, 4) is 56.2 Å². The van der Waals surface area contributed by atoms with Gasteiger partial charge >= 0.3 is 0 Å². The predicted molar refractivity (Wildman–Crippen MR) is 203 cm³/mol. The Kier molecular flexibility index (Phi) is 6.54. The van der Waals surface area contributed by atoms with Gasteiger partial charge in [0.2, 0.25) is 0 Å². The van der Waals surface area contributed by atoms with Crippen molar-refractivity contribution in [2.45, 2.75) is 19.3 Å². The van der Waals surface area contributed by atoms with Crippen LogP contribution in [0.1, 0.15) is 25.0 Å². The molecule has 1 aliphatic carbocycles. The summed E-state index contributed by atoms with van der Waals surface area (Å²) < 4.78 is 0. The molecule has 0 saturated carbocycles. The van der Waals surface area contributed by atoms with Gasteiger partial charge < -0.3 is 0 Å². The highest BCUT2D eigenvalue weighted by Crippen LogP contribution is 2.53. The molecule has 0 aliphatic heterocycles. The maximum atomic E-state index is 7.88. The molecule has 49 heavy (non-hydrogen) atoms. The maximum absolute atomic E-state index is 7.88. The van der Waals surface area contributed by atoms with E-state index in [4.69, 9.17) is 16.5 Å². The average Bonchev–Trinajstić information content (AvgIpc) is 3.39. The van der Waals surface area contributed by atoms with E-state index in [1.165, 1.54) is 27.3 Å². The molecule has 0 amide bonds. The minimum Gasteiger partial charge on any atom is -0.238 e. The maximum Gasteiger partial charge on any atom is 0.195 e. The summed E-state index contributed by atoms with van der Waals surface area (Å²) in [6.45, 7) is 12.4. The number of aromatic nitrogens is 2. The highest BCUT2D eigenvalue weighted by Gasteiger charge is 2.36. The summed E-state index contributed by atoms with van der Waals surface area (Å²) in [7, 11) is 0. The fourth-order valence-corrected chi connectivity index (χ4v) is 7.47. The van der Waals surface area contributed by atoms with E-state index in [2.05, 4.69) is 158 Å². The Morgan fingerprint density at radius 1 is 0.469 bits per heavy atom. The molecule has 8 aromatic rings. The van der Waals surface area contributed by atoms with Gasteiger partial charge in [0.25, 0.3) is 0 Å². The summed E-state index contributed by atoms with van der Waals surface area (Å²) >= 11 is 0. The Bertz CT molecular complexity index is 2560. The molecule has 1 aliphatic rings. The molecule has 0 N–H and O–H groups in total. The van der Waals surface area contributed by atoms with E-state index in [9.17, 15) is 0 Å². The smallest absolute Gasteiger partial charge is 0.195 e. The lowest BCUT2D eigenvalue weighted by Gasteiger charge is -2.21. The van der Waals surface area contributed by atoms with E-state index in [1.807, 2.05) is 12.1 Å². The van der Waals surface area contributed by atoms with Crippen LogP contribution in [0.5, 0.6) is 0 Å². The molecule has 0 spiro atoms. The van der Waals surface area contributed by atoms with Crippen LogP contribution in [-0.4, -0.2) is 9.97 Å². The Hall–Kier alpha value is -6.37. The number of rotatable bonds is 4. The fourth-order valence-electron chi connectivity index (χ4n) is 7.47. The molecule has 0 bridgehead atoms. The van der Waals surface area contributed by atoms with Crippen molar-refractivity contribution >= 4 is 27.2 Å². The van der Waals surface area contributed by atoms with Crippen LogP contribution in [-0.2, 0) is 5.41 Å². The first-order valence-corrected chi connectivity index (χ1v) is 16.6. The summed E-state index contributed by atoms with van der Waals surface area (Å²) in [5.74, 6) is 0.694. The molecule has 7 aromatic carbocycles. The molecule has 3 heteroatoms. The van der Waals surface area contributed by atoms with Crippen molar-refractivity contribution in [3.63, 3.8) is 0 Å². The van der Waals surface area contributed by atoms with Crippen molar-refractivity contribution < 1.29 is 0 Å². The lowest BCUT2D eigenvalue weighted by molar-refractivity contribution is 0.660. The van der Waals surface area contributed by atoms with Gasteiger partial charge in [-0.15, -0.1) is 0 Å². The van der Waals surface area contributed by atoms with E-state index in [0.717, 1.165) is 55.7 Å². The minimum absolute atomic E-state index is 0.162. The Morgan fingerprint density at radius 3 is 1.76 bits per heavy atom. The van der Waals surface area contributed by atoms with Gasteiger partial charge in [-0.25, -0.2) is 14.8 Å². The number of hydrogen-bond donors (Lipinski definition) is 0.